The van der Waals surface area contributed by atoms with Crippen LogP contribution < -0.4 is 9.64 Å². The molecule has 1 aromatic heterocycles. The van der Waals surface area contributed by atoms with Crippen molar-refractivity contribution in [2.45, 2.75) is 33.0 Å². The monoisotopic (exact) mass is 551 g/mol. The number of carbonyl (C=O) groups is 2. The highest BCUT2D eigenvalue weighted by atomic mass is 16.5. The Balaban J connectivity index is 1.47. The number of carbonyl (C=O) groups excluding carboxylic acids is 2. The SMILES string of the molecule is COc1cccc(CN2CCCN(C(C)=O)c3ccccc3CN(C(=O)c3ccccc3Cn3ccnc3)CC2)c1. The first-order chi connectivity index (χ1) is 20.0. The molecule has 5 rings (SSSR count). The van der Waals surface area contributed by atoms with E-state index in [9.17, 15) is 9.59 Å². The first-order valence-corrected chi connectivity index (χ1v) is 14.1. The van der Waals surface area contributed by atoms with Crippen LogP contribution in [0.4, 0.5) is 5.69 Å². The van der Waals surface area contributed by atoms with E-state index in [1.54, 1.807) is 26.6 Å². The molecule has 3 aromatic carbocycles. The van der Waals surface area contributed by atoms with Gasteiger partial charge in [0.2, 0.25) is 5.91 Å². The van der Waals surface area contributed by atoms with Gasteiger partial charge in [-0.3, -0.25) is 14.5 Å². The lowest BCUT2D eigenvalue weighted by Crippen LogP contribution is -2.39. The summed E-state index contributed by atoms with van der Waals surface area (Å²) >= 11 is 0. The maximum Gasteiger partial charge on any atom is 0.254 e. The molecule has 0 radical (unpaired) electrons. The zero-order valence-corrected chi connectivity index (χ0v) is 23.8. The lowest BCUT2D eigenvalue weighted by atomic mass is 10.0. The predicted molar refractivity (Wildman–Crippen MR) is 160 cm³/mol. The van der Waals surface area contributed by atoms with E-state index in [4.69, 9.17) is 4.74 Å². The highest BCUT2D eigenvalue weighted by Gasteiger charge is 2.24. The summed E-state index contributed by atoms with van der Waals surface area (Å²) in [6.45, 7) is 5.97. The van der Waals surface area contributed by atoms with Crippen LogP contribution in [-0.2, 0) is 24.4 Å². The Hall–Kier alpha value is -4.43. The molecule has 0 saturated carbocycles. The van der Waals surface area contributed by atoms with Crippen LogP contribution in [-0.4, -0.2) is 64.5 Å². The second kappa shape index (κ2) is 13.3. The van der Waals surface area contributed by atoms with Crippen molar-refractivity contribution in [3.05, 3.63) is 114 Å². The first kappa shape index (κ1) is 28.1. The third kappa shape index (κ3) is 7.02. The lowest BCUT2D eigenvalue weighted by Gasteiger charge is -2.29. The second-order valence-corrected chi connectivity index (χ2v) is 10.4. The summed E-state index contributed by atoms with van der Waals surface area (Å²) in [7, 11) is 1.68. The van der Waals surface area contributed by atoms with Crippen LogP contribution in [0.25, 0.3) is 0 Å². The van der Waals surface area contributed by atoms with E-state index in [-0.39, 0.29) is 11.8 Å². The molecule has 41 heavy (non-hydrogen) atoms. The van der Waals surface area contributed by atoms with Gasteiger partial charge in [0.1, 0.15) is 5.75 Å². The van der Waals surface area contributed by atoms with Gasteiger partial charge in [0, 0.05) is 76.4 Å². The number of aromatic nitrogens is 2. The molecule has 212 valence electrons. The van der Waals surface area contributed by atoms with E-state index >= 15 is 0 Å². The Labute approximate surface area is 241 Å². The maximum absolute atomic E-state index is 14.3. The minimum atomic E-state index is -0.0227. The van der Waals surface area contributed by atoms with Gasteiger partial charge in [0.15, 0.2) is 0 Å². The second-order valence-electron chi connectivity index (χ2n) is 10.4. The Bertz CT molecular complexity index is 1470. The molecule has 0 aliphatic carbocycles. The van der Waals surface area contributed by atoms with Gasteiger partial charge in [-0.1, -0.05) is 48.5 Å². The predicted octanol–water partition coefficient (Wildman–Crippen LogP) is 4.84. The van der Waals surface area contributed by atoms with Gasteiger partial charge in [-0.15, -0.1) is 0 Å². The van der Waals surface area contributed by atoms with Gasteiger partial charge in [-0.25, -0.2) is 4.98 Å². The lowest BCUT2D eigenvalue weighted by molar-refractivity contribution is -0.116. The van der Waals surface area contributed by atoms with E-state index in [0.717, 1.165) is 47.6 Å². The fourth-order valence-corrected chi connectivity index (χ4v) is 5.44. The standard InChI is InChI=1S/C33H37N5O3/c1-26(39)38-17-8-16-35(22-27-9-7-12-30(21-27)41-2)19-20-37(24-29-11-4-6-14-32(29)38)33(40)31-13-5-3-10-28(31)23-36-18-15-34-25-36/h3-7,9-15,18,21,25H,8,16-17,19-20,22-24H2,1-2H3. The van der Waals surface area contributed by atoms with Crippen molar-refractivity contribution >= 4 is 17.5 Å². The normalized spacial score (nSPS) is 14.7. The zero-order chi connectivity index (χ0) is 28.6. The molecule has 0 atom stereocenters. The third-order valence-corrected chi connectivity index (χ3v) is 7.55. The number of rotatable bonds is 6. The summed E-state index contributed by atoms with van der Waals surface area (Å²) in [5, 5.41) is 0. The van der Waals surface area contributed by atoms with Gasteiger partial charge in [0.25, 0.3) is 5.91 Å². The summed E-state index contributed by atoms with van der Waals surface area (Å²) in [4.78, 5) is 37.3. The van der Waals surface area contributed by atoms with E-state index in [1.807, 2.05) is 81.2 Å². The molecule has 0 N–H and O–H groups in total. The van der Waals surface area contributed by atoms with E-state index < -0.39 is 0 Å². The van der Waals surface area contributed by atoms with Crippen LogP contribution in [0.1, 0.15) is 40.4 Å². The molecule has 4 aromatic rings. The number of nitrogens with zero attached hydrogens (tertiary/aromatic N) is 5. The first-order valence-electron chi connectivity index (χ1n) is 14.1. The van der Waals surface area contributed by atoms with E-state index in [1.165, 1.54) is 0 Å². The quantitative estimate of drug-likeness (QED) is 0.343. The zero-order valence-electron chi connectivity index (χ0n) is 23.8. The molecular formula is C33H37N5O3. The number of methoxy groups -OCH3 is 1. The number of ether oxygens (including phenoxy) is 1. The molecule has 1 aliphatic heterocycles. The molecule has 0 saturated heterocycles. The van der Waals surface area contributed by atoms with Crippen LogP contribution in [0, 0.1) is 0 Å². The molecule has 8 heteroatoms. The van der Waals surface area contributed by atoms with Crippen molar-refractivity contribution in [1.82, 2.24) is 19.4 Å². The largest absolute Gasteiger partial charge is 0.497 e. The number of fused-ring (bicyclic) bond motifs is 1. The van der Waals surface area contributed by atoms with Crippen LogP contribution in [0.2, 0.25) is 0 Å². The van der Waals surface area contributed by atoms with Crippen molar-refractivity contribution in [1.29, 1.82) is 0 Å². The van der Waals surface area contributed by atoms with Crippen LogP contribution in [0.3, 0.4) is 0 Å². The number of amides is 2. The number of hydrogen-bond donors (Lipinski definition) is 0. The van der Waals surface area contributed by atoms with Crippen molar-refractivity contribution in [3.8, 4) is 5.75 Å². The van der Waals surface area contributed by atoms with Gasteiger partial charge in [-0.05, 0) is 47.4 Å². The fraction of sp³-hybridized carbons (Fsp3) is 0.303. The molecule has 0 fully saturated rings. The Morgan fingerprint density at radius 1 is 0.902 bits per heavy atom. The molecule has 2 amide bonds. The van der Waals surface area contributed by atoms with Gasteiger partial charge in [0.05, 0.1) is 13.4 Å². The number of imidazole rings is 1. The van der Waals surface area contributed by atoms with E-state index in [0.29, 0.717) is 38.3 Å². The molecule has 2 heterocycles. The van der Waals surface area contributed by atoms with Crippen molar-refractivity contribution in [2.75, 3.05) is 38.2 Å². The Morgan fingerprint density at radius 3 is 2.54 bits per heavy atom. The topological polar surface area (TPSA) is 70.9 Å². The van der Waals surface area contributed by atoms with Gasteiger partial charge < -0.3 is 19.1 Å². The Kier molecular flexibility index (Phi) is 9.11. The molecular weight excluding hydrogens is 514 g/mol. The highest BCUT2D eigenvalue weighted by molar-refractivity contribution is 5.96. The smallest absolute Gasteiger partial charge is 0.254 e. The van der Waals surface area contributed by atoms with Crippen molar-refractivity contribution < 1.29 is 14.3 Å². The van der Waals surface area contributed by atoms with E-state index in [2.05, 4.69) is 22.0 Å². The number of benzene rings is 3. The third-order valence-electron chi connectivity index (χ3n) is 7.55. The molecule has 0 spiro atoms. The summed E-state index contributed by atoms with van der Waals surface area (Å²) in [6.07, 6.45) is 6.22. The van der Waals surface area contributed by atoms with Crippen LogP contribution in [0.15, 0.2) is 91.5 Å². The van der Waals surface area contributed by atoms with Crippen LogP contribution in [0.5, 0.6) is 5.75 Å². The summed E-state index contributed by atoms with van der Waals surface area (Å²) in [6, 6.07) is 23.8. The summed E-state index contributed by atoms with van der Waals surface area (Å²) < 4.78 is 7.41. The molecule has 8 nitrogen and oxygen atoms in total. The minimum Gasteiger partial charge on any atom is -0.497 e. The summed E-state index contributed by atoms with van der Waals surface area (Å²) in [5.41, 5.74) is 4.60. The minimum absolute atomic E-state index is 0.000373. The molecule has 0 bridgehead atoms. The summed E-state index contributed by atoms with van der Waals surface area (Å²) in [5.74, 6) is 0.801. The fourth-order valence-electron chi connectivity index (χ4n) is 5.44. The highest BCUT2D eigenvalue weighted by Crippen LogP contribution is 2.25. The molecule has 0 unspecified atom stereocenters. The van der Waals surface area contributed by atoms with Gasteiger partial charge in [-0.2, -0.15) is 0 Å². The molecule has 1 aliphatic rings. The number of para-hydroxylation sites is 1. The van der Waals surface area contributed by atoms with Gasteiger partial charge >= 0.3 is 0 Å². The number of anilines is 1. The average Bonchev–Trinajstić information content (AvgIpc) is 3.49. The van der Waals surface area contributed by atoms with Crippen molar-refractivity contribution in [2.24, 2.45) is 0 Å². The van der Waals surface area contributed by atoms with Crippen LogP contribution >= 0.6 is 0 Å². The Morgan fingerprint density at radius 2 is 1.73 bits per heavy atom. The maximum atomic E-state index is 14.3. The number of hydrogen-bond acceptors (Lipinski definition) is 5. The average molecular weight is 552 g/mol. The van der Waals surface area contributed by atoms with Crippen molar-refractivity contribution in [3.63, 3.8) is 0 Å².